The van der Waals surface area contributed by atoms with Crippen molar-refractivity contribution in [1.82, 2.24) is 0 Å². The van der Waals surface area contributed by atoms with Crippen LogP contribution in [0.15, 0.2) is 30.3 Å². The molecule has 0 saturated heterocycles. The van der Waals surface area contributed by atoms with Gasteiger partial charge in [-0.2, -0.15) is 0 Å². The molecular formula is C22H12Cl3NO6. The first-order chi connectivity index (χ1) is 15.1. The van der Waals surface area contributed by atoms with Gasteiger partial charge in [0, 0.05) is 0 Å². The third kappa shape index (κ3) is 3.09. The lowest BCUT2D eigenvalue weighted by atomic mass is 9.82. The van der Waals surface area contributed by atoms with Crippen LogP contribution in [0, 0.1) is 6.92 Å². The first-order valence-electron chi connectivity index (χ1n) is 9.00. The molecule has 0 amide bonds. The lowest BCUT2D eigenvalue weighted by molar-refractivity contribution is 0.0697. The summed E-state index contributed by atoms with van der Waals surface area (Å²) >= 11 is 19.2. The second-order valence-corrected chi connectivity index (χ2v) is 8.14. The molecule has 1 aliphatic rings. The molecule has 1 aliphatic carbocycles. The number of carbonyl (C=O) groups excluding carboxylic acids is 2. The number of carbonyl (C=O) groups is 3. The summed E-state index contributed by atoms with van der Waals surface area (Å²) in [6.45, 7) is 1.66. The lowest BCUT2D eigenvalue weighted by Crippen LogP contribution is -2.23. The smallest absolute Gasteiger partial charge is 0.337 e. The first kappa shape index (κ1) is 22.0. The molecule has 4 N–H and O–H groups in total. The number of anilines is 2. The number of para-hydroxylation sites is 1. The van der Waals surface area contributed by atoms with E-state index < -0.39 is 40.2 Å². The second kappa shape index (κ2) is 7.70. The van der Waals surface area contributed by atoms with Gasteiger partial charge in [0.25, 0.3) is 0 Å². The van der Waals surface area contributed by atoms with Crippen LogP contribution in [-0.2, 0) is 0 Å². The largest absolute Gasteiger partial charge is 0.507 e. The predicted octanol–water partition coefficient (Wildman–Crippen LogP) is 5.58. The van der Waals surface area contributed by atoms with Crippen LogP contribution in [-0.4, -0.2) is 32.9 Å². The number of ketones is 2. The van der Waals surface area contributed by atoms with Crippen molar-refractivity contribution in [2.75, 3.05) is 5.32 Å². The minimum Gasteiger partial charge on any atom is -0.507 e. The zero-order chi connectivity index (χ0) is 23.5. The number of hydrogen-bond donors (Lipinski definition) is 4. The summed E-state index contributed by atoms with van der Waals surface area (Å²) in [4.78, 5) is 38.0. The third-order valence-electron chi connectivity index (χ3n) is 5.14. The van der Waals surface area contributed by atoms with Gasteiger partial charge in [-0.15, -0.1) is 0 Å². The number of benzene rings is 3. The number of aromatic carboxylic acids is 1. The molecular weight excluding hydrogens is 481 g/mol. The number of phenols is 2. The summed E-state index contributed by atoms with van der Waals surface area (Å²) in [6.07, 6.45) is 0. The number of nitrogens with one attached hydrogen (secondary N) is 1. The summed E-state index contributed by atoms with van der Waals surface area (Å²) in [5.74, 6) is -3.94. The van der Waals surface area contributed by atoms with E-state index in [1.54, 1.807) is 19.1 Å². The van der Waals surface area contributed by atoms with Crippen molar-refractivity contribution in [1.29, 1.82) is 0 Å². The zero-order valence-corrected chi connectivity index (χ0v) is 18.4. The number of aryl methyl sites for hydroxylation is 1. The van der Waals surface area contributed by atoms with E-state index in [0.717, 1.165) is 12.1 Å². The fourth-order valence-corrected chi connectivity index (χ4v) is 4.51. The van der Waals surface area contributed by atoms with Crippen LogP contribution in [0.1, 0.15) is 47.8 Å². The predicted molar refractivity (Wildman–Crippen MR) is 120 cm³/mol. The molecule has 0 spiro atoms. The number of hydrogen-bond acceptors (Lipinski definition) is 6. The maximum Gasteiger partial charge on any atom is 0.337 e. The van der Waals surface area contributed by atoms with Gasteiger partial charge in [0.05, 0.1) is 54.3 Å². The minimum atomic E-state index is -1.21. The maximum atomic E-state index is 13.2. The molecule has 0 radical (unpaired) electrons. The van der Waals surface area contributed by atoms with E-state index in [2.05, 4.69) is 5.32 Å². The molecule has 0 saturated carbocycles. The molecule has 7 nitrogen and oxygen atoms in total. The molecule has 0 fully saturated rings. The number of halogens is 3. The molecule has 0 aromatic heterocycles. The number of rotatable bonds is 3. The number of phenolic OH excluding ortho intramolecular Hbond substituents is 2. The van der Waals surface area contributed by atoms with E-state index in [9.17, 15) is 29.7 Å². The highest BCUT2D eigenvalue weighted by Crippen LogP contribution is 2.49. The van der Waals surface area contributed by atoms with Crippen LogP contribution in [0.2, 0.25) is 15.1 Å². The Bertz CT molecular complexity index is 1380. The van der Waals surface area contributed by atoms with Crippen LogP contribution < -0.4 is 5.32 Å². The molecule has 4 rings (SSSR count). The van der Waals surface area contributed by atoms with Crippen molar-refractivity contribution >= 4 is 63.7 Å². The van der Waals surface area contributed by atoms with Gasteiger partial charge in [-0.05, 0) is 30.7 Å². The number of aromatic hydroxyl groups is 2. The second-order valence-electron chi connectivity index (χ2n) is 7.01. The van der Waals surface area contributed by atoms with Gasteiger partial charge in [-0.1, -0.05) is 46.9 Å². The molecule has 0 bridgehead atoms. The first-order valence-corrected chi connectivity index (χ1v) is 10.1. The van der Waals surface area contributed by atoms with Crippen LogP contribution >= 0.6 is 34.8 Å². The minimum absolute atomic E-state index is 0.0821. The number of fused-ring (bicyclic) bond motifs is 2. The SMILES string of the molecule is Cc1cccc(C(=O)O)c1Nc1c(Cl)c(Cl)c2c(c1Cl)C(=O)c1c(O)ccc(O)c1C2=O. The quantitative estimate of drug-likeness (QED) is 0.217. The Morgan fingerprint density at radius 2 is 1.31 bits per heavy atom. The third-order valence-corrected chi connectivity index (χ3v) is 6.37. The van der Waals surface area contributed by atoms with Crippen LogP contribution in [0.4, 0.5) is 11.4 Å². The molecule has 3 aromatic rings. The Morgan fingerprint density at radius 1 is 0.781 bits per heavy atom. The molecule has 10 heteroatoms. The van der Waals surface area contributed by atoms with Gasteiger partial charge in [0.1, 0.15) is 11.5 Å². The highest BCUT2D eigenvalue weighted by atomic mass is 35.5. The summed E-state index contributed by atoms with van der Waals surface area (Å²) in [5.41, 5.74) is -0.947. The van der Waals surface area contributed by atoms with Gasteiger partial charge in [0.15, 0.2) is 11.6 Å². The van der Waals surface area contributed by atoms with Crippen LogP contribution in [0.5, 0.6) is 11.5 Å². The van der Waals surface area contributed by atoms with Gasteiger partial charge in [-0.25, -0.2) is 4.79 Å². The Balaban J connectivity index is 2.00. The summed E-state index contributed by atoms with van der Waals surface area (Å²) in [5, 5.41) is 31.8. The van der Waals surface area contributed by atoms with E-state index in [0.29, 0.717) is 5.56 Å². The molecule has 162 valence electrons. The fourth-order valence-electron chi connectivity index (χ4n) is 3.62. The summed E-state index contributed by atoms with van der Waals surface area (Å²) in [6, 6.07) is 6.72. The van der Waals surface area contributed by atoms with Crippen LogP contribution in [0.25, 0.3) is 0 Å². The highest BCUT2D eigenvalue weighted by molar-refractivity contribution is 6.51. The van der Waals surface area contributed by atoms with E-state index in [1.165, 1.54) is 6.07 Å². The monoisotopic (exact) mass is 491 g/mol. The molecule has 0 aliphatic heterocycles. The van der Waals surface area contributed by atoms with E-state index in [-0.39, 0.29) is 43.1 Å². The van der Waals surface area contributed by atoms with Crippen LogP contribution in [0.3, 0.4) is 0 Å². The van der Waals surface area contributed by atoms with Gasteiger partial charge in [-0.3, -0.25) is 9.59 Å². The van der Waals surface area contributed by atoms with Gasteiger partial charge < -0.3 is 20.6 Å². The standard InChI is InChI=1S/C22H12Cl3NO6/c1-7-3-2-4-8(22(31)32)18(7)26-19-16(24)14-13(15(23)17(19)25)20(29)11-9(27)5-6-10(28)12(11)21(14)30/h2-6,26-28H,1H3,(H,31,32). The maximum absolute atomic E-state index is 13.2. The fraction of sp³-hybridized carbons (Fsp3) is 0.0455. The molecule has 0 unspecified atom stereocenters. The number of carboxylic acid groups (broad SMARTS) is 1. The van der Waals surface area contributed by atoms with Crippen molar-refractivity contribution in [2.24, 2.45) is 0 Å². The van der Waals surface area contributed by atoms with E-state index in [4.69, 9.17) is 34.8 Å². The average Bonchev–Trinajstić information content (AvgIpc) is 2.74. The molecule has 0 heterocycles. The van der Waals surface area contributed by atoms with E-state index in [1.807, 2.05) is 0 Å². The lowest BCUT2D eigenvalue weighted by Gasteiger charge is -2.24. The Kier molecular flexibility index (Phi) is 5.29. The summed E-state index contributed by atoms with van der Waals surface area (Å²) < 4.78 is 0. The van der Waals surface area contributed by atoms with Crippen molar-refractivity contribution < 1.29 is 29.7 Å². The topological polar surface area (TPSA) is 124 Å². The van der Waals surface area contributed by atoms with Crippen molar-refractivity contribution in [3.8, 4) is 11.5 Å². The Morgan fingerprint density at radius 3 is 1.84 bits per heavy atom. The van der Waals surface area contributed by atoms with Crippen molar-refractivity contribution in [2.45, 2.75) is 6.92 Å². The summed E-state index contributed by atoms with van der Waals surface area (Å²) in [7, 11) is 0. The Hall–Kier alpha value is -3.26. The molecule has 32 heavy (non-hydrogen) atoms. The van der Waals surface area contributed by atoms with Crippen molar-refractivity contribution in [3.63, 3.8) is 0 Å². The molecule has 0 atom stereocenters. The van der Waals surface area contributed by atoms with Gasteiger partial charge >= 0.3 is 5.97 Å². The zero-order valence-electron chi connectivity index (χ0n) is 16.1. The number of carboxylic acids is 1. The Labute approximate surface area is 195 Å². The highest BCUT2D eigenvalue weighted by Gasteiger charge is 2.40. The van der Waals surface area contributed by atoms with Gasteiger partial charge in [0.2, 0.25) is 0 Å². The average molecular weight is 493 g/mol. The van der Waals surface area contributed by atoms with E-state index >= 15 is 0 Å². The normalized spacial score (nSPS) is 12.4. The van der Waals surface area contributed by atoms with Crippen molar-refractivity contribution in [3.05, 3.63) is 78.8 Å². The molecule has 3 aromatic carbocycles.